The topological polar surface area (TPSA) is 26.0 Å². The summed E-state index contributed by atoms with van der Waals surface area (Å²) in [6.07, 6.45) is 22.0. The molecule has 1 nitrogen and oxygen atoms in total. The second kappa shape index (κ2) is 14.9. The van der Waals surface area contributed by atoms with Crippen LogP contribution in [0.1, 0.15) is 124 Å². The van der Waals surface area contributed by atoms with E-state index in [0.29, 0.717) is 0 Å². The smallest absolute Gasteiger partial charge is 0.0149 e. The Labute approximate surface area is 135 Å². The van der Waals surface area contributed by atoms with E-state index in [9.17, 15) is 0 Å². The van der Waals surface area contributed by atoms with Crippen molar-refractivity contribution in [3.63, 3.8) is 0 Å². The van der Waals surface area contributed by atoms with Gasteiger partial charge in [0, 0.05) is 5.54 Å². The van der Waals surface area contributed by atoms with Crippen molar-refractivity contribution >= 4 is 0 Å². The van der Waals surface area contributed by atoms with Crippen LogP contribution in [0, 0.1) is 0 Å². The number of hydrogen-bond acceptors (Lipinski definition) is 1. The second-order valence-corrected chi connectivity index (χ2v) is 7.06. The Morgan fingerprint density at radius 1 is 0.524 bits per heavy atom. The standard InChI is InChI=1S/C20H43N/c1-4-7-8-9-10-11-12-13-14-15-16-17-18-19-20(21,5-2)6-3/h4-19,21H2,1-3H3. The van der Waals surface area contributed by atoms with Gasteiger partial charge in [-0.3, -0.25) is 0 Å². The van der Waals surface area contributed by atoms with E-state index >= 15 is 0 Å². The fraction of sp³-hybridized carbons (Fsp3) is 1.00. The maximum Gasteiger partial charge on any atom is 0.0149 e. The molecule has 1 heteroatoms. The molecule has 0 atom stereocenters. The normalized spacial score (nSPS) is 12.0. The van der Waals surface area contributed by atoms with Crippen LogP contribution in [0.4, 0.5) is 0 Å². The van der Waals surface area contributed by atoms with Gasteiger partial charge < -0.3 is 5.73 Å². The largest absolute Gasteiger partial charge is 0.325 e. The highest BCUT2D eigenvalue weighted by atomic mass is 14.7. The third-order valence-electron chi connectivity index (χ3n) is 5.19. The molecule has 2 N–H and O–H groups in total. The highest BCUT2D eigenvalue weighted by Crippen LogP contribution is 2.20. The summed E-state index contributed by atoms with van der Waals surface area (Å²) in [5.41, 5.74) is 6.46. The molecule has 0 aliphatic rings. The fourth-order valence-electron chi connectivity index (χ4n) is 3.10. The van der Waals surface area contributed by atoms with Crippen LogP contribution in [0.3, 0.4) is 0 Å². The highest BCUT2D eigenvalue weighted by molar-refractivity contribution is 4.80. The Morgan fingerprint density at radius 2 is 0.857 bits per heavy atom. The van der Waals surface area contributed by atoms with Gasteiger partial charge in [0.25, 0.3) is 0 Å². The maximum atomic E-state index is 6.34. The molecular weight excluding hydrogens is 254 g/mol. The molecule has 0 amide bonds. The van der Waals surface area contributed by atoms with E-state index in [1.54, 1.807) is 0 Å². The molecule has 0 aromatic carbocycles. The molecule has 0 heterocycles. The first-order chi connectivity index (χ1) is 10.2. The van der Waals surface area contributed by atoms with E-state index < -0.39 is 0 Å². The SMILES string of the molecule is CCCCCCCCCCCCCCCC(N)(CC)CC. The second-order valence-electron chi connectivity index (χ2n) is 7.06. The molecule has 0 saturated carbocycles. The minimum atomic E-state index is 0.123. The lowest BCUT2D eigenvalue weighted by Crippen LogP contribution is -2.38. The maximum absolute atomic E-state index is 6.34. The molecule has 0 aliphatic heterocycles. The first kappa shape index (κ1) is 21.0. The predicted molar refractivity (Wildman–Crippen MR) is 97.8 cm³/mol. The van der Waals surface area contributed by atoms with E-state index in [-0.39, 0.29) is 5.54 Å². The Bertz CT molecular complexity index is 196. The summed E-state index contributed by atoms with van der Waals surface area (Å²) in [5, 5.41) is 0. The summed E-state index contributed by atoms with van der Waals surface area (Å²) < 4.78 is 0. The zero-order valence-corrected chi connectivity index (χ0v) is 15.4. The van der Waals surface area contributed by atoms with Gasteiger partial charge in [-0.15, -0.1) is 0 Å². The van der Waals surface area contributed by atoms with Gasteiger partial charge in [0.15, 0.2) is 0 Å². The van der Waals surface area contributed by atoms with Crippen molar-refractivity contribution in [2.45, 2.75) is 129 Å². The van der Waals surface area contributed by atoms with Gasteiger partial charge in [-0.25, -0.2) is 0 Å². The lowest BCUT2D eigenvalue weighted by Gasteiger charge is -2.26. The van der Waals surface area contributed by atoms with Gasteiger partial charge in [0.2, 0.25) is 0 Å². The van der Waals surface area contributed by atoms with E-state index in [1.165, 1.54) is 89.9 Å². The fourth-order valence-corrected chi connectivity index (χ4v) is 3.10. The minimum absolute atomic E-state index is 0.123. The molecule has 0 radical (unpaired) electrons. The van der Waals surface area contributed by atoms with Gasteiger partial charge >= 0.3 is 0 Å². The predicted octanol–water partition coefficient (Wildman–Crippen LogP) is 6.99. The monoisotopic (exact) mass is 297 g/mol. The highest BCUT2D eigenvalue weighted by Gasteiger charge is 2.18. The molecule has 0 aromatic heterocycles. The van der Waals surface area contributed by atoms with Crippen LogP contribution in [0.15, 0.2) is 0 Å². The summed E-state index contributed by atoms with van der Waals surface area (Å²) in [5.74, 6) is 0. The Kier molecular flexibility index (Phi) is 14.9. The number of rotatable bonds is 16. The van der Waals surface area contributed by atoms with Crippen molar-refractivity contribution in [3.05, 3.63) is 0 Å². The minimum Gasteiger partial charge on any atom is -0.325 e. The number of unbranched alkanes of at least 4 members (excludes halogenated alkanes) is 12. The molecule has 0 aliphatic carbocycles. The van der Waals surface area contributed by atoms with Crippen molar-refractivity contribution in [1.82, 2.24) is 0 Å². The molecule has 0 saturated heterocycles. The molecular formula is C20H43N. The van der Waals surface area contributed by atoms with Crippen molar-refractivity contribution in [1.29, 1.82) is 0 Å². The Morgan fingerprint density at radius 3 is 1.19 bits per heavy atom. The van der Waals surface area contributed by atoms with E-state index in [4.69, 9.17) is 5.73 Å². The van der Waals surface area contributed by atoms with Crippen LogP contribution in [-0.4, -0.2) is 5.54 Å². The summed E-state index contributed by atoms with van der Waals surface area (Å²) in [6.45, 7) is 6.75. The molecule has 21 heavy (non-hydrogen) atoms. The molecule has 0 rings (SSSR count). The average molecular weight is 298 g/mol. The van der Waals surface area contributed by atoms with Crippen LogP contribution in [-0.2, 0) is 0 Å². The van der Waals surface area contributed by atoms with Crippen molar-refractivity contribution in [2.75, 3.05) is 0 Å². The summed E-state index contributed by atoms with van der Waals surface area (Å²) in [7, 11) is 0. The molecule has 0 spiro atoms. The van der Waals surface area contributed by atoms with Gasteiger partial charge in [0.1, 0.15) is 0 Å². The van der Waals surface area contributed by atoms with E-state index in [0.717, 1.165) is 12.8 Å². The summed E-state index contributed by atoms with van der Waals surface area (Å²) in [4.78, 5) is 0. The van der Waals surface area contributed by atoms with E-state index in [2.05, 4.69) is 20.8 Å². The third kappa shape index (κ3) is 13.4. The molecule has 128 valence electrons. The molecule has 0 aromatic rings. The quantitative estimate of drug-likeness (QED) is 0.305. The molecule has 0 bridgehead atoms. The van der Waals surface area contributed by atoms with Gasteiger partial charge in [-0.1, -0.05) is 104 Å². The Balaban J connectivity index is 3.16. The first-order valence-electron chi connectivity index (χ1n) is 9.97. The lowest BCUT2D eigenvalue weighted by atomic mass is 9.88. The van der Waals surface area contributed by atoms with Gasteiger partial charge in [0.05, 0.1) is 0 Å². The lowest BCUT2D eigenvalue weighted by molar-refractivity contribution is 0.350. The summed E-state index contributed by atoms with van der Waals surface area (Å²) in [6, 6.07) is 0. The van der Waals surface area contributed by atoms with Gasteiger partial charge in [-0.2, -0.15) is 0 Å². The average Bonchev–Trinajstić information content (AvgIpc) is 2.51. The van der Waals surface area contributed by atoms with E-state index in [1.807, 2.05) is 0 Å². The van der Waals surface area contributed by atoms with Crippen LogP contribution < -0.4 is 5.73 Å². The Hall–Kier alpha value is -0.0400. The summed E-state index contributed by atoms with van der Waals surface area (Å²) >= 11 is 0. The van der Waals surface area contributed by atoms with Gasteiger partial charge in [-0.05, 0) is 19.3 Å². The van der Waals surface area contributed by atoms with Crippen LogP contribution in [0.5, 0.6) is 0 Å². The molecule has 0 fully saturated rings. The van der Waals surface area contributed by atoms with Crippen molar-refractivity contribution in [2.24, 2.45) is 5.73 Å². The van der Waals surface area contributed by atoms with Crippen LogP contribution in [0.2, 0.25) is 0 Å². The number of nitrogens with two attached hydrogens (primary N) is 1. The van der Waals surface area contributed by atoms with Crippen LogP contribution >= 0.6 is 0 Å². The van der Waals surface area contributed by atoms with Crippen molar-refractivity contribution in [3.8, 4) is 0 Å². The number of hydrogen-bond donors (Lipinski definition) is 1. The zero-order valence-electron chi connectivity index (χ0n) is 15.4. The third-order valence-corrected chi connectivity index (χ3v) is 5.19. The first-order valence-corrected chi connectivity index (χ1v) is 9.97. The zero-order chi connectivity index (χ0) is 15.8. The molecule has 0 unspecified atom stereocenters. The van der Waals surface area contributed by atoms with Crippen LogP contribution in [0.25, 0.3) is 0 Å². The van der Waals surface area contributed by atoms with Crippen molar-refractivity contribution < 1.29 is 0 Å².